The van der Waals surface area contributed by atoms with Gasteiger partial charge in [0, 0.05) is 6.54 Å². The average Bonchev–Trinajstić information content (AvgIpc) is 3.45. The molecular weight excluding hydrogens is 556 g/mol. The Balaban J connectivity index is 1.63. The summed E-state index contributed by atoms with van der Waals surface area (Å²) in [5.74, 6) is -3.16. The summed E-state index contributed by atoms with van der Waals surface area (Å²) < 4.78 is 10.8. The number of rotatable bonds is 12. The van der Waals surface area contributed by atoms with Crippen molar-refractivity contribution in [3.05, 3.63) is 66.2 Å². The third-order valence-electron chi connectivity index (χ3n) is 6.61. The summed E-state index contributed by atoms with van der Waals surface area (Å²) in [6.07, 6.45) is -1.24. The van der Waals surface area contributed by atoms with Gasteiger partial charge < -0.3 is 30.5 Å². The van der Waals surface area contributed by atoms with Crippen molar-refractivity contribution in [2.45, 2.75) is 76.3 Å². The minimum atomic E-state index is -1.72. The van der Waals surface area contributed by atoms with E-state index < -0.39 is 72.5 Å². The van der Waals surface area contributed by atoms with E-state index in [4.69, 9.17) is 15.2 Å². The first-order valence-electron chi connectivity index (χ1n) is 14.2. The van der Waals surface area contributed by atoms with Crippen LogP contribution in [-0.4, -0.2) is 82.6 Å². The van der Waals surface area contributed by atoms with Crippen molar-refractivity contribution in [1.29, 1.82) is 0 Å². The van der Waals surface area contributed by atoms with Crippen molar-refractivity contribution in [3.63, 3.8) is 0 Å². The van der Waals surface area contributed by atoms with Crippen LogP contribution in [0.5, 0.6) is 5.75 Å². The lowest BCUT2D eigenvalue weighted by Crippen LogP contribution is -2.57. The maximum atomic E-state index is 13.4. The fourth-order valence-corrected chi connectivity index (χ4v) is 4.59. The number of hydrogen-bond acceptors (Lipinski definition) is 9. The second-order valence-corrected chi connectivity index (χ2v) is 11.4. The maximum Gasteiger partial charge on any atom is 0.329 e. The zero-order chi connectivity index (χ0) is 31.6. The Morgan fingerprint density at radius 1 is 1.00 bits per heavy atom. The summed E-state index contributed by atoms with van der Waals surface area (Å²) in [7, 11) is 0. The van der Waals surface area contributed by atoms with Crippen LogP contribution in [-0.2, 0) is 35.1 Å². The van der Waals surface area contributed by atoms with Gasteiger partial charge in [-0.2, -0.15) is 0 Å². The molecule has 4 amide bonds. The van der Waals surface area contributed by atoms with Gasteiger partial charge in [-0.25, -0.2) is 4.79 Å². The van der Waals surface area contributed by atoms with Gasteiger partial charge in [0.1, 0.15) is 17.4 Å². The van der Waals surface area contributed by atoms with Gasteiger partial charge in [-0.05, 0) is 57.7 Å². The van der Waals surface area contributed by atoms with Crippen molar-refractivity contribution in [2.75, 3.05) is 13.2 Å². The van der Waals surface area contributed by atoms with Crippen LogP contribution in [0.3, 0.4) is 0 Å². The lowest BCUT2D eigenvalue weighted by atomic mass is 9.99. The smallest absolute Gasteiger partial charge is 0.329 e. The van der Waals surface area contributed by atoms with Crippen LogP contribution in [0.4, 0.5) is 0 Å². The van der Waals surface area contributed by atoms with Gasteiger partial charge in [0.05, 0.1) is 18.5 Å². The summed E-state index contributed by atoms with van der Waals surface area (Å²) in [6.45, 7) is 5.01. The highest BCUT2D eigenvalue weighted by Gasteiger charge is 2.41. The molecule has 1 aliphatic heterocycles. The number of aliphatic hydroxyl groups excluding tert-OH is 1. The Kier molecular flexibility index (Phi) is 11.8. The molecule has 0 bridgehead atoms. The number of benzene rings is 2. The van der Waals surface area contributed by atoms with Crippen molar-refractivity contribution < 1.29 is 38.6 Å². The number of nitrogens with one attached hydrogen (secondary N) is 2. The largest absolute Gasteiger partial charge is 0.484 e. The molecule has 2 unspecified atom stereocenters. The van der Waals surface area contributed by atoms with Crippen molar-refractivity contribution >= 4 is 29.6 Å². The molecule has 12 heteroatoms. The maximum absolute atomic E-state index is 13.4. The van der Waals surface area contributed by atoms with Gasteiger partial charge in [0.25, 0.3) is 11.8 Å². The summed E-state index contributed by atoms with van der Waals surface area (Å²) in [5, 5.41) is 15.9. The molecule has 2 aromatic rings. The van der Waals surface area contributed by atoms with Gasteiger partial charge >= 0.3 is 5.97 Å². The molecular formula is C31H40N4O8. The van der Waals surface area contributed by atoms with Crippen molar-refractivity contribution in [2.24, 2.45) is 5.73 Å². The zero-order valence-corrected chi connectivity index (χ0v) is 24.7. The molecule has 43 heavy (non-hydrogen) atoms. The van der Waals surface area contributed by atoms with Gasteiger partial charge in [-0.15, -0.1) is 0 Å². The molecule has 1 fully saturated rings. The normalized spacial score (nSPS) is 16.9. The van der Waals surface area contributed by atoms with E-state index in [2.05, 4.69) is 10.6 Å². The predicted octanol–water partition coefficient (Wildman–Crippen LogP) is 0.847. The topological polar surface area (TPSA) is 177 Å². The predicted molar refractivity (Wildman–Crippen MR) is 156 cm³/mol. The standard InChI is InChI=1S/C31H40N4O8/c1-31(2,3)43-30(41)24-15-10-16-35(24)29(40)27(38)23(17-20-11-6-4-7-12-20)33-28(39)22(32)18-25(36)34-26(37)19-42-21-13-8-5-9-14-21/h4-9,11-14,22-24,27,38H,10,15-19,32H2,1-3H3,(H,33,39)(H,34,36,37)/t22-,23?,24-,27?/m0/s1. The van der Waals surface area contributed by atoms with Crippen molar-refractivity contribution in [1.82, 2.24) is 15.5 Å². The van der Waals surface area contributed by atoms with Gasteiger partial charge in [0.15, 0.2) is 12.7 Å². The molecule has 0 aromatic heterocycles. The molecule has 1 aliphatic rings. The fourth-order valence-electron chi connectivity index (χ4n) is 4.59. The Morgan fingerprint density at radius 2 is 1.63 bits per heavy atom. The number of hydrogen-bond donors (Lipinski definition) is 4. The summed E-state index contributed by atoms with van der Waals surface area (Å²) in [5.41, 5.74) is 5.94. The Hall–Kier alpha value is -4.29. The molecule has 0 saturated carbocycles. The number of amides is 4. The number of likely N-dealkylation sites (tertiary alicyclic amines) is 1. The number of nitrogens with zero attached hydrogens (tertiary/aromatic N) is 1. The lowest BCUT2D eigenvalue weighted by molar-refractivity contribution is -0.165. The van der Waals surface area contributed by atoms with E-state index in [0.29, 0.717) is 18.6 Å². The number of ether oxygens (including phenoxy) is 2. The number of carbonyl (C=O) groups is 5. The average molecular weight is 597 g/mol. The SMILES string of the molecule is CC(C)(C)OC(=O)[C@@H]1CCCN1C(=O)C(O)C(Cc1ccccc1)NC(=O)[C@@H](N)CC(=O)NC(=O)COc1ccccc1. The van der Waals surface area contributed by atoms with E-state index in [1.165, 1.54) is 4.90 Å². The highest BCUT2D eigenvalue weighted by Crippen LogP contribution is 2.23. The zero-order valence-electron chi connectivity index (χ0n) is 24.7. The van der Waals surface area contributed by atoms with Gasteiger partial charge in [-0.3, -0.25) is 24.5 Å². The fraction of sp³-hybridized carbons (Fsp3) is 0.452. The summed E-state index contributed by atoms with van der Waals surface area (Å²) >= 11 is 0. The second kappa shape index (κ2) is 15.3. The van der Waals surface area contributed by atoms with Crippen LogP contribution in [0.1, 0.15) is 45.6 Å². The van der Waals surface area contributed by atoms with E-state index in [9.17, 15) is 29.1 Å². The van der Waals surface area contributed by atoms with Crippen LogP contribution < -0.4 is 21.1 Å². The quantitative estimate of drug-likeness (QED) is 0.259. The number of carbonyl (C=O) groups excluding carboxylic acids is 5. The summed E-state index contributed by atoms with van der Waals surface area (Å²) in [4.78, 5) is 65.0. The number of para-hydroxylation sites is 1. The van der Waals surface area contributed by atoms with E-state index in [0.717, 1.165) is 5.56 Å². The summed E-state index contributed by atoms with van der Waals surface area (Å²) in [6, 6.07) is 14.1. The minimum absolute atomic E-state index is 0.0681. The second-order valence-electron chi connectivity index (χ2n) is 11.4. The molecule has 12 nitrogen and oxygen atoms in total. The molecule has 232 valence electrons. The van der Waals surface area contributed by atoms with Crippen LogP contribution in [0.15, 0.2) is 60.7 Å². The Morgan fingerprint density at radius 3 is 2.26 bits per heavy atom. The number of imide groups is 1. The Labute approximate surface area is 250 Å². The highest BCUT2D eigenvalue weighted by molar-refractivity contribution is 5.98. The molecule has 1 saturated heterocycles. The molecule has 0 radical (unpaired) electrons. The first-order valence-corrected chi connectivity index (χ1v) is 14.2. The molecule has 3 rings (SSSR count). The van der Waals surface area contributed by atoms with Crippen LogP contribution >= 0.6 is 0 Å². The molecule has 1 heterocycles. The molecule has 0 spiro atoms. The Bertz CT molecular complexity index is 1270. The third-order valence-corrected chi connectivity index (χ3v) is 6.61. The van der Waals surface area contributed by atoms with Crippen LogP contribution in [0.2, 0.25) is 0 Å². The van der Waals surface area contributed by atoms with E-state index in [1.807, 2.05) is 0 Å². The molecule has 2 aromatic carbocycles. The van der Waals surface area contributed by atoms with E-state index in [-0.39, 0.29) is 13.0 Å². The van der Waals surface area contributed by atoms with Gasteiger partial charge in [-0.1, -0.05) is 48.5 Å². The monoisotopic (exact) mass is 596 g/mol. The minimum Gasteiger partial charge on any atom is -0.484 e. The molecule has 0 aliphatic carbocycles. The number of esters is 1. The van der Waals surface area contributed by atoms with Crippen LogP contribution in [0.25, 0.3) is 0 Å². The highest BCUT2D eigenvalue weighted by atomic mass is 16.6. The van der Waals surface area contributed by atoms with E-state index in [1.54, 1.807) is 81.4 Å². The molecule has 4 atom stereocenters. The first-order chi connectivity index (χ1) is 20.3. The molecule has 5 N–H and O–H groups in total. The van der Waals surface area contributed by atoms with Crippen molar-refractivity contribution in [3.8, 4) is 5.75 Å². The lowest BCUT2D eigenvalue weighted by Gasteiger charge is -2.31. The van der Waals surface area contributed by atoms with Gasteiger partial charge in [0.2, 0.25) is 11.8 Å². The number of nitrogens with two attached hydrogens (primary N) is 1. The van der Waals surface area contributed by atoms with Crippen LogP contribution in [0, 0.1) is 0 Å². The number of aliphatic hydroxyl groups is 1. The van der Waals surface area contributed by atoms with E-state index >= 15 is 0 Å². The third kappa shape index (κ3) is 10.5. The first kappa shape index (κ1) is 33.2.